The molecular weight excluding hydrogens is 240 g/mol. The Morgan fingerprint density at radius 2 is 2.16 bits per heavy atom. The van der Waals surface area contributed by atoms with Gasteiger partial charge in [0.25, 0.3) is 0 Å². The maximum atomic E-state index is 10.7. The molecule has 1 saturated carbocycles. The molecule has 0 aliphatic heterocycles. The normalized spacial score (nSPS) is 17.1. The highest BCUT2D eigenvalue weighted by Crippen LogP contribution is 2.42. The number of carbonyl (C=O) groups excluding carboxylic acids is 1. The number of aliphatic imine (C=N–C) groups is 1. The third-order valence-corrected chi connectivity index (χ3v) is 3.77. The molecule has 4 nitrogen and oxygen atoms in total. The van der Waals surface area contributed by atoms with E-state index in [-0.39, 0.29) is 0 Å². The summed E-state index contributed by atoms with van der Waals surface area (Å²) in [5.41, 5.74) is 1.56. The number of isocyanates is 1. The minimum atomic E-state index is -0.398. The summed E-state index contributed by atoms with van der Waals surface area (Å²) in [7, 11) is 0. The summed E-state index contributed by atoms with van der Waals surface area (Å²) in [5, 5.41) is 0. The number of oxazole rings is 1. The Balaban J connectivity index is 2.05. The molecular formula is C15H14N2O2. The van der Waals surface area contributed by atoms with Crippen LogP contribution in [0.2, 0.25) is 0 Å². The Morgan fingerprint density at radius 1 is 1.32 bits per heavy atom. The van der Waals surface area contributed by atoms with E-state index in [1.807, 2.05) is 24.3 Å². The van der Waals surface area contributed by atoms with Gasteiger partial charge in [0, 0.05) is 5.56 Å². The van der Waals surface area contributed by atoms with E-state index < -0.39 is 5.54 Å². The fourth-order valence-corrected chi connectivity index (χ4v) is 2.82. The fourth-order valence-electron chi connectivity index (χ4n) is 2.82. The van der Waals surface area contributed by atoms with E-state index in [1.54, 1.807) is 18.5 Å². The molecule has 1 aliphatic rings. The van der Waals surface area contributed by atoms with Crippen molar-refractivity contribution in [3.8, 4) is 11.5 Å². The van der Waals surface area contributed by atoms with Gasteiger partial charge in [-0.05, 0) is 30.5 Å². The highest BCUT2D eigenvalue weighted by molar-refractivity contribution is 5.55. The number of nitrogens with zero attached hydrogens (tertiary/aromatic N) is 2. The fraction of sp³-hybridized carbons (Fsp3) is 0.333. The average Bonchev–Trinajstić information content (AvgIpc) is 3.11. The van der Waals surface area contributed by atoms with Crippen molar-refractivity contribution in [3.05, 3.63) is 42.3 Å². The first-order valence-corrected chi connectivity index (χ1v) is 6.43. The summed E-state index contributed by atoms with van der Waals surface area (Å²) >= 11 is 0. The van der Waals surface area contributed by atoms with Crippen molar-refractivity contribution in [1.82, 2.24) is 4.98 Å². The van der Waals surface area contributed by atoms with Crippen LogP contribution in [0.4, 0.5) is 0 Å². The van der Waals surface area contributed by atoms with Gasteiger partial charge in [-0.15, -0.1) is 0 Å². The van der Waals surface area contributed by atoms with E-state index >= 15 is 0 Å². The molecule has 1 heterocycles. The molecule has 0 spiro atoms. The molecule has 0 N–H and O–H groups in total. The van der Waals surface area contributed by atoms with E-state index in [1.165, 1.54) is 0 Å². The molecule has 0 unspecified atom stereocenters. The average molecular weight is 254 g/mol. The van der Waals surface area contributed by atoms with Gasteiger partial charge in [-0.1, -0.05) is 25.0 Å². The van der Waals surface area contributed by atoms with Crippen LogP contribution in [-0.4, -0.2) is 11.1 Å². The highest BCUT2D eigenvalue weighted by atomic mass is 16.3. The van der Waals surface area contributed by atoms with Crippen LogP contribution in [0.5, 0.6) is 0 Å². The number of rotatable bonds is 3. The molecule has 0 saturated heterocycles. The van der Waals surface area contributed by atoms with Crippen molar-refractivity contribution in [1.29, 1.82) is 0 Å². The van der Waals surface area contributed by atoms with E-state index in [0.717, 1.165) is 36.8 Å². The molecule has 1 aliphatic carbocycles. The molecule has 96 valence electrons. The van der Waals surface area contributed by atoms with Crippen LogP contribution in [-0.2, 0) is 10.3 Å². The van der Waals surface area contributed by atoms with Crippen LogP contribution in [0.1, 0.15) is 31.2 Å². The number of aromatic nitrogens is 1. The minimum absolute atomic E-state index is 0.398. The third-order valence-electron chi connectivity index (χ3n) is 3.77. The summed E-state index contributed by atoms with van der Waals surface area (Å²) in [6.07, 6.45) is 8.90. The monoisotopic (exact) mass is 254 g/mol. The van der Waals surface area contributed by atoms with Gasteiger partial charge in [0.1, 0.15) is 6.26 Å². The Labute approximate surface area is 111 Å². The Kier molecular flexibility index (Phi) is 3.02. The summed E-state index contributed by atoms with van der Waals surface area (Å²) in [6.45, 7) is 0. The van der Waals surface area contributed by atoms with E-state index in [4.69, 9.17) is 4.42 Å². The SMILES string of the molecule is O=C=NC1(c2cccc(-c3ncco3)c2)CCCC1. The van der Waals surface area contributed by atoms with Gasteiger partial charge in [0.2, 0.25) is 12.0 Å². The third kappa shape index (κ3) is 2.11. The lowest BCUT2D eigenvalue weighted by Gasteiger charge is -2.23. The second-order valence-corrected chi connectivity index (χ2v) is 4.86. The first kappa shape index (κ1) is 11.9. The lowest BCUT2D eigenvalue weighted by Crippen LogP contribution is -2.18. The first-order valence-electron chi connectivity index (χ1n) is 6.43. The van der Waals surface area contributed by atoms with Crippen molar-refractivity contribution in [3.63, 3.8) is 0 Å². The number of hydrogen-bond acceptors (Lipinski definition) is 4. The second kappa shape index (κ2) is 4.82. The molecule has 1 aromatic carbocycles. The van der Waals surface area contributed by atoms with Crippen LogP contribution < -0.4 is 0 Å². The van der Waals surface area contributed by atoms with Crippen LogP contribution in [0.25, 0.3) is 11.5 Å². The van der Waals surface area contributed by atoms with Gasteiger partial charge in [-0.2, -0.15) is 4.99 Å². The van der Waals surface area contributed by atoms with E-state index in [9.17, 15) is 4.79 Å². The highest BCUT2D eigenvalue weighted by Gasteiger charge is 2.35. The zero-order chi connectivity index (χ0) is 13.1. The molecule has 0 atom stereocenters. The van der Waals surface area contributed by atoms with Gasteiger partial charge in [0.05, 0.1) is 11.7 Å². The quantitative estimate of drug-likeness (QED) is 0.622. The zero-order valence-corrected chi connectivity index (χ0v) is 10.5. The molecule has 3 rings (SSSR count). The van der Waals surface area contributed by atoms with E-state index in [0.29, 0.717) is 5.89 Å². The maximum absolute atomic E-state index is 10.7. The van der Waals surface area contributed by atoms with Gasteiger partial charge < -0.3 is 4.42 Å². The molecule has 4 heteroatoms. The number of hydrogen-bond donors (Lipinski definition) is 0. The summed E-state index contributed by atoms with van der Waals surface area (Å²) in [6, 6.07) is 7.93. The summed E-state index contributed by atoms with van der Waals surface area (Å²) < 4.78 is 5.31. The molecule has 0 amide bonds. The molecule has 2 aromatic rings. The standard InChI is InChI=1S/C15H14N2O2/c18-11-17-15(6-1-2-7-15)13-5-3-4-12(10-13)14-16-8-9-19-14/h3-5,8-10H,1-2,6-7H2. The summed E-state index contributed by atoms with van der Waals surface area (Å²) in [5.74, 6) is 0.588. The Bertz CT molecular complexity index is 607. The molecule has 19 heavy (non-hydrogen) atoms. The predicted molar refractivity (Wildman–Crippen MR) is 70.2 cm³/mol. The largest absolute Gasteiger partial charge is 0.445 e. The van der Waals surface area contributed by atoms with E-state index in [2.05, 4.69) is 9.98 Å². The Morgan fingerprint density at radius 3 is 2.84 bits per heavy atom. The van der Waals surface area contributed by atoms with Crippen molar-refractivity contribution in [2.75, 3.05) is 0 Å². The van der Waals surface area contributed by atoms with Crippen molar-refractivity contribution in [2.45, 2.75) is 31.2 Å². The Hall–Kier alpha value is -2.19. The van der Waals surface area contributed by atoms with Crippen LogP contribution >= 0.6 is 0 Å². The smallest absolute Gasteiger partial charge is 0.235 e. The minimum Gasteiger partial charge on any atom is -0.445 e. The molecule has 0 bridgehead atoms. The first-order chi connectivity index (χ1) is 9.34. The van der Waals surface area contributed by atoms with Crippen LogP contribution in [0.15, 0.2) is 46.1 Å². The van der Waals surface area contributed by atoms with Gasteiger partial charge in [-0.3, -0.25) is 0 Å². The van der Waals surface area contributed by atoms with Crippen LogP contribution in [0.3, 0.4) is 0 Å². The summed E-state index contributed by atoms with van der Waals surface area (Å²) in [4.78, 5) is 19.0. The second-order valence-electron chi connectivity index (χ2n) is 4.86. The predicted octanol–water partition coefficient (Wildman–Crippen LogP) is 3.45. The van der Waals surface area contributed by atoms with Crippen LogP contribution in [0, 0.1) is 0 Å². The lowest BCUT2D eigenvalue weighted by molar-refractivity contribution is 0.456. The zero-order valence-electron chi connectivity index (χ0n) is 10.5. The van der Waals surface area contributed by atoms with Gasteiger partial charge in [-0.25, -0.2) is 9.78 Å². The molecule has 0 radical (unpaired) electrons. The molecule has 1 aromatic heterocycles. The number of benzene rings is 1. The van der Waals surface area contributed by atoms with Crippen molar-refractivity contribution >= 4 is 6.08 Å². The van der Waals surface area contributed by atoms with Gasteiger partial charge in [0.15, 0.2) is 0 Å². The van der Waals surface area contributed by atoms with Crippen molar-refractivity contribution < 1.29 is 9.21 Å². The molecule has 1 fully saturated rings. The van der Waals surface area contributed by atoms with Crippen molar-refractivity contribution in [2.24, 2.45) is 4.99 Å². The topological polar surface area (TPSA) is 55.5 Å². The van der Waals surface area contributed by atoms with Gasteiger partial charge >= 0.3 is 0 Å². The maximum Gasteiger partial charge on any atom is 0.235 e. The lowest BCUT2D eigenvalue weighted by atomic mass is 9.88.